The second-order valence-electron chi connectivity index (χ2n) is 7.94. The molecule has 3 aromatic rings. The lowest BCUT2D eigenvalue weighted by Crippen LogP contribution is -2.33. The largest absolute Gasteiger partial charge is 0.351 e. The smallest absolute Gasteiger partial charge is 0.271 e. The second-order valence-corrected chi connectivity index (χ2v) is 8.86. The monoisotopic (exact) mass is 424 g/mol. The Morgan fingerprint density at radius 3 is 2.87 bits per heavy atom. The molecule has 4 rings (SSSR count). The summed E-state index contributed by atoms with van der Waals surface area (Å²) in [4.78, 5) is 28.8. The number of piperidine rings is 1. The van der Waals surface area contributed by atoms with Gasteiger partial charge in [0.15, 0.2) is 5.69 Å². The van der Waals surface area contributed by atoms with E-state index in [1.807, 2.05) is 36.6 Å². The molecular weight excluding hydrogens is 396 g/mol. The van der Waals surface area contributed by atoms with Crippen molar-refractivity contribution in [1.29, 1.82) is 0 Å². The summed E-state index contributed by atoms with van der Waals surface area (Å²) in [6.45, 7) is 4.97. The number of hydrogen-bond acceptors (Lipinski definition) is 7. The van der Waals surface area contributed by atoms with Crippen molar-refractivity contribution in [2.45, 2.75) is 32.2 Å². The molecule has 1 amide bonds. The van der Waals surface area contributed by atoms with Gasteiger partial charge < -0.3 is 15.5 Å². The number of amides is 1. The van der Waals surface area contributed by atoms with Crippen LogP contribution in [0.3, 0.4) is 0 Å². The maximum absolute atomic E-state index is 12.9. The molecule has 1 atom stereocenters. The highest BCUT2D eigenvalue weighted by atomic mass is 32.1. The third kappa shape index (κ3) is 4.94. The molecular formula is C22H28N6OS. The first kappa shape index (κ1) is 20.7. The number of fused-ring (bicyclic) bond motifs is 1. The van der Waals surface area contributed by atoms with Crippen molar-refractivity contribution in [1.82, 2.24) is 25.2 Å². The quantitative estimate of drug-likeness (QED) is 0.601. The van der Waals surface area contributed by atoms with Crippen LogP contribution in [-0.2, 0) is 0 Å². The van der Waals surface area contributed by atoms with Crippen LogP contribution < -0.4 is 10.6 Å². The molecule has 0 spiro atoms. The lowest BCUT2D eigenvalue weighted by molar-refractivity contribution is 0.0946. The predicted octanol–water partition coefficient (Wildman–Crippen LogP) is 3.72. The predicted molar refractivity (Wildman–Crippen MR) is 121 cm³/mol. The summed E-state index contributed by atoms with van der Waals surface area (Å²) >= 11 is 1.50. The van der Waals surface area contributed by atoms with Gasteiger partial charge in [0, 0.05) is 12.7 Å². The van der Waals surface area contributed by atoms with E-state index in [0.717, 1.165) is 35.4 Å². The van der Waals surface area contributed by atoms with Gasteiger partial charge in [-0.25, -0.2) is 9.97 Å². The number of hydrogen-bond donors (Lipinski definition) is 2. The molecule has 30 heavy (non-hydrogen) atoms. The van der Waals surface area contributed by atoms with Gasteiger partial charge in [0.1, 0.15) is 0 Å². The van der Waals surface area contributed by atoms with Crippen molar-refractivity contribution in [3.8, 4) is 0 Å². The Labute approximate surface area is 180 Å². The molecule has 4 heterocycles. The van der Waals surface area contributed by atoms with Gasteiger partial charge in [0.05, 0.1) is 22.0 Å². The summed E-state index contributed by atoms with van der Waals surface area (Å²) in [5.74, 6) is 0.996. The molecule has 1 aliphatic heterocycles. The van der Waals surface area contributed by atoms with Crippen LogP contribution in [0.25, 0.3) is 10.2 Å². The number of carbonyl (C=O) groups excluding carboxylic acids is 1. The third-order valence-corrected chi connectivity index (χ3v) is 6.58. The molecule has 8 heteroatoms. The van der Waals surface area contributed by atoms with Crippen molar-refractivity contribution in [2.24, 2.45) is 5.92 Å². The highest BCUT2D eigenvalue weighted by Crippen LogP contribution is 2.25. The summed E-state index contributed by atoms with van der Waals surface area (Å²) < 4.78 is 0.822. The third-order valence-electron chi connectivity index (χ3n) is 5.67. The standard InChI is InChI=1S/C22H28N6OS/c1-15(17-5-3-4-10-23-17)25-22-26-18-9-14-30-20(18)19(27-22)21(29)24-11-6-16-7-12-28(2)13-8-16/h3-5,9-10,14-16H,6-8,11-13H2,1-2H3,(H,24,29)(H,25,26,27). The fraction of sp³-hybridized carbons (Fsp3) is 0.455. The van der Waals surface area contributed by atoms with Crippen molar-refractivity contribution in [2.75, 3.05) is 32.0 Å². The molecule has 0 saturated carbocycles. The summed E-state index contributed by atoms with van der Waals surface area (Å²) in [6, 6.07) is 7.65. The van der Waals surface area contributed by atoms with E-state index in [0.29, 0.717) is 24.1 Å². The van der Waals surface area contributed by atoms with E-state index in [-0.39, 0.29) is 11.9 Å². The van der Waals surface area contributed by atoms with Crippen LogP contribution in [0.1, 0.15) is 48.4 Å². The van der Waals surface area contributed by atoms with Gasteiger partial charge in [-0.05, 0) is 75.8 Å². The number of anilines is 1. The Morgan fingerprint density at radius 1 is 1.27 bits per heavy atom. The number of pyridine rings is 1. The molecule has 2 N–H and O–H groups in total. The van der Waals surface area contributed by atoms with Gasteiger partial charge >= 0.3 is 0 Å². The normalized spacial score (nSPS) is 16.5. The molecule has 0 aromatic carbocycles. The summed E-state index contributed by atoms with van der Waals surface area (Å²) in [7, 11) is 2.17. The minimum atomic E-state index is -0.133. The van der Waals surface area contributed by atoms with Crippen LogP contribution in [0.2, 0.25) is 0 Å². The number of likely N-dealkylation sites (tertiary alicyclic amines) is 1. The first-order valence-corrected chi connectivity index (χ1v) is 11.4. The molecule has 3 aromatic heterocycles. The molecule has 1 unspecified atom stereocenters. The van der Waals surface area contributed by atoms with Crippen LogP contribution in [0.4, 0.5) is 5.95 Å². The number of aromatic nitrogens is 3. The fourth-order valence-electron chi connectivity index (χ4n) is 3.81. The van der Waals surface area contributed by atoms with Crippen molar-refractivity contribution in [3.63, 3.8) is 0 Å². The highest BCUT2D eigenvalue weighted by molar-refractivity contribution is 7.17. The van der Waals surface area contributed by atoms with E-state index in [1.54, 1.807) is 6.20 Å². The summed E-state index contributed by atoms with van der Waals surface area (Å²) in [5, 5.41) is 8.30. The fourth-order valence-corrected chi connectivity index (χ4v) is 4.62. The summed E-state index contributed by atoms with van der Waals surface area (Å²) in [6.07, 6.45) is 5.18. The second kappa shape index (κ2) is 9.49. The minimum Gasteiger partial charge on any atom is -0.351 e. The maximum atomic E-state index is 12.9. The Kier molecular flexibility index (Phi) is 6.54. The lowest BCUT2D eigenvalue weighted by atomic mass is 9.94. The molecule has 0 bridgehead atoms. The highest BCUT2D eigenvalue weighted by Gasteiger charge is 2.19. The van der Waals surface area contributed by atoms with Crippen LogP contribution in [0.5, 0.6) is 0 Å². The average molecular weight is 425 g/mol. The molecule has 158 valence electrons. The molecule has 0 aliphatic carbocycles. The number of nitrogens with zero attached hydrogens (tertiary/aromatic N) is 4. The van der Waals surface area contributed by atoms with Crippen molar-refractivity contribution >= 4 is 33.4 Å². The molecule has 1 fully saturated rings. The Balaban J connectivity index is 1.43. The number of rotatable bonds is 7. The number of thiophene rings is 1. The van der Waals surface area contributed by atoms with Gasteiger partial charge in [0.2, 0.25) is 5.95 Å². The zero-order valence-corrected chi connectivity index (χ0v) is 18.3. The van der Waals surface area contributed by atoms with E-state index in [4.69, 9.17) is 0 Å². The zero-order valence-electron chi connectivity index (χ0n) is 17.5. The Morgan fingerprint density at radius 2 is 2.10 bits per heavy atom. The zero-order chi connectivity index (χ0) is 20.9. The lowest BCUT2D eigenvalue weighted by Gasteiger charge is -2.28. The average Bonchev–Trinajstić information content (AvgIpc) is 3.23. The summed E-state index contributed by atoms with van der Waals surface area (Å²) in [5.41, 5.74) is 2.12. The Hall–Kier alpha value is -2.58. The number of nitrogens with one attached hydrogen (secondary N) is 2. The van der Waals surface area contributed by atoms with Crippen LogP contribution in [-0.4, -0.2) is 52.4 Å². The van der Waals surface area contributed by atoms with E-state index < -0.39 is 0 Å². The van der Waals surface area contributed by atoms with E-state index in [9.17, 15) is 4.79 Å². The van der Waals surface area contributed by atoms with Crippen molar-refractivity contribution < 1.29 is 4.79 Å². The molecule has 1 saturated heterocycles. The van der Waals surface area contributed by atoms with Crippen LogP contribution in [0.15, 0.2) is 35.8 Å². The number of carbonyl (C=O) groups is 1. The first-order valence-electron chi connectivity index (χ1n) is 10.5. The van der Waals surface area contributed by atoms with Crippen LogP contribution >= 0.6 is 11.3 Å². The van der Waals surface area contributed by atoms with Gasteiger partial charge in [-0.2, -0.15) is 0 Å². The van der Waals surface area contributed by atoms with E-state index in [1.165, 1.54) is 24.2 Å². The maximum Gasteiger partial charge on any atom is 0.271 e. The van der Waals surface area contributed by atoms with E-state index >= 15 is 0 Å². The van der Waals surface area contributed by atoms with E-state index in [2.05, 4.69) is 37.5 Å². The van der Waals surface area contributed by atoms with Gasteiger partial charge in [-0.3, -0.25) is 9.78 Å². The minimum absolute atomic E-state index is 0.0670. The van der Waals surface area contributed by atoms with Gasteiger partial charge in [0.25, 0.3) is 5.91 Å². The van der Waals surface area contributed by atoms with Crippen molar-refractivity contribution in [3.05, 3.63) is 47.2 Å². The molecule has 7 nitrogen and oxygen atoms in total. The molecule has 0 radical (unpaired) electrons. The van der Waals surface area contributed by atoms with Gasteiger partial charge in [-0.15, -0.1) is 11.3 Å². The topological polar surface area (TPSA) is 83.0 Å². The van der Waals surface area contributed by atoms with Crippen LogP contribution in [0, 0.1) is 5.92 Å². The molecule has 1 aliphatic rings. The van der Waals surface area contributed by atoms with Gasteiger partial charge in [-0.1, -0.05) is 6.07 Å². The first-order chi connectivity index (χ1) is 14.6. The Bertz CT molecular complexity index is 984. The SMILES string of the molecule is CC(Nc1nc(C(=O)NCCC2CCN(C)CC2)c2sccc2n1)c1ccccn1.